The molecule has 4 fully saturated rings. The van der Waals surface area contributed by atoms with Crippen LogP contribution in [-0.2, 0) is 0 Å². The van der Waals surface area contributed by atoms with Crippen LogP contribution in [-0.4, -0.2) is 21.9 Å². The molecule has 156 valence electrons. The van der Waals surface area contributed by atoms with Crippen LogP contribution in [0, 0.1) is 57.7 Å². The molecule has 4 saturated carbocycles. The summed E-state index contributed by atoms with van der Waals surface area (Å²) in [6.07, 6.45) is 10.6. The molecule has 0 aromatic rings. The molecule has 0 aromatic carbocycles. The van der Waals surface area contributed by atoms with Crippen molar-refractivity contribution in [2.45, 2.75) is 90.3 Å². The van der Waals surface area contributed by atoms with Crippen molar-refractivity contribution in [3.05, 3.63) is 12.7 Å². The Kier molecular flexibility index (Phi) is 4.99. The smallest absolute Gasteiger partial charge is 0.0862 e. The maximum absolute atomic E-state index is 11.7. The molecular formula is C25H39NO2. The first-order valence-corrected chi connectivity index (χ1v) is 11.6. The first-order chi connectivity index (χ1) is 13.2. The van der Waals surface area contributed by atoms with Gasteiger partial charge in [0.05, 0.1) is 17.8 Å². The van der Waals surface area contributed by atoms with Crippen molar-refractivity contribution in [3.8, 4) is 6.07 Å². The van der Waals surface area contributed by atoms with Crippen LogP contribution in [0.25, 0.3) is 0 Å². The minimum Gasteiger partial charge on any atom is -0.393 e. The van der Waals surface area contributed by atoms with Crippen molar-refractivity contribution >= 4 is 0 Å². The Balaban J connectivity index is 1.68. The Morgan fingerprint density at radius 3 is 2.50 bits per heavy atom. The molecule has 0 heterocycles. The van der Waals surface area contributed by atoms with E-state index in [1.807, 2.05) is 0 Å². The van der Waals surface area contributed by atoms with E-state index in [2.05, 4.69) is 33.4 Å². The summed E-state index contributed by atoms with van der Waals surface area (Å²) in [4.78, 5) is 0. The number of hydrogen-bond donors (Lipinski definition) is 2. The van der Waals surface area contributed by atoms with Crippen LogP contribution < -0.4 is 0 Å². The van der Waals surface area contributed by atoms with E-state index < -0.39 is 5.60 Å². The lowest BCUT2D eigenvalue weighted by Crippen LogP contribution is -2.62. The molecule has 4 rings (SSSR count). The van der Waals surface area contributed by atoms with Gasteiger partial charge in [-0.1, -0.05) is 26.8 Å². The summed E-state index contributed by atoms with van der Waals surface area (Å²) in [7, 11) is 0. The number of aliphatic hydroxyl groups is 2. The Hall–Kier alpha value is -0.850. The molecule has 0 unspecified atom stereocenters. The molecular weight excluding hydrogens is 346 g/mol. The second kappa shape index (κ2) is 6.85. The van der Waals surface area contributed by atoms with Crippen LogP contribution in [0.3, 0.4) is 0 Å². The van der Waals surface area contributed by atoms with Crippen molar-refractivity contribution in [1.82, 2.24) is 0 Å². The van der Waals surface area contributed by atoms with Gasteiger partial charge >= 0.3 is 0 Å². The lowest BCUT2D eigenvalue weighted by molar-refractivity contribution is -0.199. The second-order valence-corrected chi connectivity index (χ2v) is 11.3. The van der Waals surface area contributed by atoms with Gasteiger partial charge in [0, 0.05) is 6.42 Å². The van der Waals surface area contributed by atoms with Crippen molar-refractivity contribution < 1.29 is 10.2 Å². The number of hydrogen-bond acceptors (Lipinski definition) is 3. The maximum Gasteiger partial charge on any atom is 0.0862 e. The van der Waals surface area contributed by atoms with Gasteiger partial charge in [-0.3, -0.25) is 0 Å². The summed E-state index contributed by atoms with van der Waals surface area (Å²) >= 11 is 0. The van der Waals surface area contributed by atoms with Crippen LogP contribution in [0.15, 0.2) is 12.7 Å². The highest BCUT2D eigenvalue weighted by Crippen LogP contribution is 2.69. The summed E-state index contributed by atoms with van der Waals surface area (Å²) in [5.74, 6) is 3.06. The zero-order valence-corrected chi connectivity index (χ0v) is 18.0. The Bertz CT molecular complexity index is 670. The van der Waals surface area contributed by atoms with Crippen molar-refractivity contribution in [2.24, 2.45) is 46.3 Å². The van der Waals surface area contributed by atoms with Crippen LogP contribution in [0.1, 0.15) is 78.6 Å². The monoisotopic (exact) mass is 385 g/mol. The normalized spacial score (nSPS) is 54.0. The molecule has 0 radical (unpaired) electrons. The van der Waals surface area contributed by atoms with E-state index in [-0.39, 0.29) is 17.4 Å². The number of rotatable bonds is 3. The second-order valence-electron chi connectivity index (χ2n) is 11.3. The minimum absolute atomic E-state index is 0.1000. The summed E-state index contributed by atoms with van der Waals surface area (Å²) in [6, 6.07) is 2.41. The quantitative estimate of drug-likeness (QED) is 0.666. The Morgan fingerprint density at radius 1 is 1.14 bits per heavy atom. The van der Waals surface area contributed by atoms with Crippen molar-refractivity contribution in [2.75, 3.05) is 0 Å². The molecule has 0 saturated heterocycles. The molecule has 2 N–H and O–H groups in total. The number of fused-ring (bicyclic) bond motifs is 5. The molecule has 0 bridgehead atoms. The van der Waals surface area contributed by atoms with Crippen LogP contribution >= 0.6 is 0 Å². The first kappa shape index (κ1) is 20.4. The average Bonchev–Trinajstić information content (AvgIpc) is 3.01. The van der Waals surface area contributed by atoms with Crippen molar-refractivity contribution in [1.29, 1.82) is 5.26 Å². The predicted octanol–water partition coefficient (Wildman–Crippen LogP) is 5.08. The molecule has 0 aliphatic heterocycles. The maximum atomic E-state index is 11.7. The highest BCUT2D eigenvalue weighted by atomic mass is 16.3. The highest BCUT2D eigenvalue weighted by Gasteiger charge is 2.65. The third-order valence-electron chi connectivity index (χ3n) is 10.3. The van der Waals surface area contributed by atoms with E-state index >= 15 is 0 Å². The summed E-state index contributed by atoms with van der Waals surface area (Å²) in [5.41, 5.74) is -0.453. The van der Waals surface area contributed by atoms with E-state index in [1.165, 1.54) is 25.7 Å². The van der Waals surface area contributed by atoms with Gasteiger partial charge in [0.2, 0.25) is 0 Å². The van der Waals surface area contributed by atoms with Gasteiger partial charge in [-0.2, -0.15) is 5.26 Å². The third kappa shape index (κ3) is 2.74. The highest BCUT2D eigenvalue weighted by molar-refractivity contribution is 5.18. The summed E-state index contributed by atoms with van der Waals surface area (Å²) < 4.78 is 0. The number of aliphatic hydroxyl groups excluding tert-OH is 1. The molecule has 10 atom stereocenters. The first-order valence-electron chi connectivity index (χ1n) is 11.6. The summed E-state index contributed by atoms with van der Waals surface area (Å²) in [6.45, 7) is 11.2. The van der Waals surface area contributed by atoms with E-state index in [0.29, 0.717) is 47.8 Å². The third-order valence-corrected chi connectivity index (χ3v) is 10.3. The molecule has 3 heteroatoms. The Morgan fingerprint density at radius 2 is 1.82 bits per heavy atom. The van der Waals surface area contributed by atoms with Crippen LogP contribution in [0.2, 0.25) is 0 Å². The van der Waals surface area contributed by atoms with Crippen LogP contribution in [0.5, 0.6) is 0 Å². The zero-order chi connectivity index (χ0) is 20.3. The van der Waals surface area contributed by atoms with Crippen LogP contribution in [0.4, 0.5) is 0 Å². The predicted molar refractivity (Wildman–Crippen MR) is 111 cm³/mol. The SMILES string of the molecule is C=C[C@]1(O)C[C@@H]2[C@H](CC[C@]3(C)[C@@H]([C@H](C)CC#N)CC[C@@H]23)[C@@]2(C)CC[C@@H](O)C[C@H]21. The van der Waals surface area contributed by atoms with Gasteiger partial charge in [0.1, 0.15) is 0 Å². The van der Waals surface area contributed by atoms with Gasteiger partial charge < -0.3 is 10.2 Å². The van der Waals surface area contributed by atoms with Gasteiger partial charge in [0.15, 0.2) is 0 Å². The molecule has 4 aliphatic rings. The van der Waals surface area contributed by atoms with Gasteiger partial charge in [-0.15, -0.1) is 6.58 Å². The number of nitriles is 1. The molecule has 0 aromatic heterocycles. The molecule has 0 spiro atoms. The molecule has 3 nitrogen and oxygen atoms in total. The Labute approximate surface area is 171 Å². The lowest BCUT2D eigenvalue weighted by atomic mass is 9.41. The van der Waals surface area contributed by atoms with E-state index in [9.17, 15) is 15.5 Å². The zero-order valence-electron chi connectivity index (χ0n) is 18.0. The van der Waals surface area contributed by atoms with E-state index in [4.69, 9.17) is 0 Å². The largest absolute Gasteiger partial charge is 0.393 e. The number of nitrogens with zero attached hydrogens (tertiary/aromatic N) is 1. The fourth-order valence-corrected chi connectivity index (χ4v) is 8.93. The fourth-order valence-electron chi connectivity index (χ4n) is 8.93. The minimum atomic E-state index is -0.855. The molecule has 28 heavy (non-hydrogen) atoms. The van der Waals surface area contributed by atoms with Crippen molar-refractivity contribution in [3.63, 3.8) is 0 Å². The molecule has 4 aliphatic carbocycles. The topological polar surface area (TPSA) is 64.2 Å². The fraction of sp³-hybridized carbons (Fsp3) is 0.880. The summed E-state index contributed by atoms with van der Waals surface area (Å²) in [5, 5.41) is 31.3. The van der Waals surface area contributed by atoms with E-state index in [0.717, 1.165) is 19.3 Å². The van der Waals surface area contributed by atoms with E-state index in [1.54, 1.807) is 6.08 Å². The van der Waals surface area contributed by atoms with Gasteiger partial charge in [-0.25, -0.2) is 0 Å². The average molecular weight is 386 g/mol. The molecule has 0 amide bonds. The lowest BCUT2D eigenvalue weighted by Gasteiger charge is -2.65. The van der Waals surface area contributed by atoms with Gasteiger partial charge in [-0.05, 0) is 97.7 Å². The standard InChI is InChI=1S/C25H39NO2/c1-5-25(28)15-18-20-7-6-19(16(2)10-13-26)23(20,3)12-9-21(18)24(4)11-8-17(27)14-22(24)25/h5,16-22,27-28H,1,6-12,14-15H2,2-4H3/t16-,17-,18+,19-,20+,21+,22-,23-,24-,25+/m1/s1. The van der Waals surface area contributed by atoms with Gasteiger partial charge in [0.25, 0.3) is 0 Å².